The van der Waals surface area contributed by atoms with Crippen molar-refractivity contribution in [2.45, 2.75) is 20.3 Å². The van der Waals surface area contributed by atoms with Crippen molar-refractivity contribution in [2.24, 2.45) is 0 Å². The summed E-state index contributed by atoms with van der Waals surface area (Å²) in [7, 11) is 1.81. The molecule has 0 atom stereocenters. The Morgan fingerprint density at radius 3 is 2.71 bits per heavy atom. The summed E-state index contributed by atoms with van der Waals surface area (Å²) in [6.07, 6.45) is 0.944. The Kier molecular flexibility index (Phi) is 5.29. The molecule has 4 heteroatoms. The predicted octanol–water partition coefficient (Wildman–Crippen LogP) is 3.25. The first-order valence-electron chi connectivity index (χ1n) is 5.89. The van der Waals surface area contributed by atoms with Crippen molar-refractivity contribution in [3.63, 3.8) is 0 Å². The summed E-state index contributed by atoms with van der Waals surface area (Å²) in [5, 5.41) is 3.76. The molecule has 1 N–H and O–H groups in total. The Morgan fingerprint density at radius 1 is 1.41 bits per heavy atom. The van der Waals surface area contributed by atoms with Crippen molar-refractivity contribution in [3.05, 3.63) is 28.8 Å². The minimum Gasteiger partial charge on any atom is -0.385 e. The standard InChI is InChI=1S/C13H19ClN2O/c1-4-8-16(3)13(17)11-9-10(14)6-7-12(11)15-5-2/h6-7,9,15H,4-5,8H2,1-3H3. The number of benzene rings is 1. The van der Waals surface area contributed by atoms with Crippen molar-refractivity contribution < 1.29 is 4.79 Å². The third-order valence-corrected chi connectivity index (χ3v) is 2.72. The lowest BCUT2D eigenvalue weighted by molar-refractivity contribution is 0.0796. The maximum absolute atomic E-state index is 12.2. The molecule has 1 aromatic rings. The topological polar surface area (TPSA) is 32.3 Å². The third kappa shape index (κ3) is 3.63. The molecule has 0 fully saturated rings. The number of nitrogens with zero attached hydrogens (tertiary/aromatic N) is 1. The highest BCUT2D eigenvalue weighted by atomic mass is 35.5. The number of anilines is 1. The number of halogens is 1. The van der Waals surface area contributed by atoms with Crippen LogP contribution >= 0.6 is 11.6 Å². The van der Waals surface area contributed by atoms with Gasteiger partial charge in [-0.25, -0.2) is 0 Å². The largest absolute Gasteiger partial charge is 0.385 e. The first-order valence-corrected chi connectivity index (χ1v) is 6.26. The van der Waals surface area contributed by atoms with Crippen molar-refractivity contribution in [2.75, 3.05) is 25.5 Å². The fourth-order valence-corrected chi connectivity index (χ4v) is 1.85. The molecule has 94 valence electrons. The molecule has 0 aliphatic rings. The van der Waals surface area contributed by atoms with E-state index in [-0.39, 0.29) is 5.91 Å². The molecule has 0 aromatic heterocycles. The SMILES string of the molecule is CCCN(C)C(=O)c1cc(Cl)ccc1NCC. The van der Waals surface area contributed by atoms with E-state index in [9.17, 15) is 4.79 Å². The summed E-state index contributed by atoms with van der Waals surface area (Å²) >= 11 is 5.94. The van der Waals surface area contributed by atoms with Gasteiger partial charge in [-0.1, -0.05) is 18.5 Å². The average Bonchev–Trinajstić information content (AvgIpc) is 2.31. The highest BCUT2D eigenvalue weighted by Gasteiger charge is 2.15. The van der Waals surface area contributed by atoms with Crippen molar-refractivity contribution >= 4 is 23.2 Å². The lowest BCUT2D eigenvalue weighted by Crippen LogP contribution is -2.28. The van der Waals surface area contributed by atoms with Crippen molar-refractivity contribution in [1.82, 2.24) is 4.90 Å². The number of hydrogen-bond donors (Lipinski definition) is 1. The van der Waals surface area contributed by atoms with Gasteiger partial charge in [-0.05, 0) is 31.5 Å². The monoisotopic (exact) mass is 254 g/mol. The van der Waals surface area contributed by atoms with E-state index in [1.807, 2.05) is 27.0 Å². The molecule has 17 heavy (non-hydrogen) atoms. The van der Waals surface area contributed by atoms with Crippen LogP contribution in [0.1, 0.15) is 30.6 Å². The van der Waals surface area contributed by atoms with Gasteiger partial charge in [0.1, 0.15) is 0 Å². The smallest absolute Gasteiger partial charge is 0.255 e. The second-order valence-corrected chi connectivity index (χ2v) is 4.38. The van der Waals surface area contributed by atoms with Gasteiger partial charge in [0.25, 0.3) is 5.91 Å². The van der Waals surface area contributed by atoms with Crippen molar-refractivity contribution in [3.8, 4) is 0 Å². The molecule has 1 amide bonds. The van der Waals surface area contributed by atoms with E-state index in [1.54, 1.807) is 17.0 Å². The summed E-state index contributed by atoms with van der Waals surface area (Å²) in [4.78, 5) is 13.9. The molecule has 0 heterocycles. The molecule has 0 aliphatic heterocycles. The van der Waals surface area contributed by atoms with Gasteiger partial charge in [0, 0.05) is 30.8 Å². The molecule has 1 rings (SSSR count). The molecule has 0 saturated carbocycles. The first kappa shape index (κ1) is 13.8. The van der Waals surface area contributed by atoms with Gasteiger partial charge in [0.2, 0.25) is 0 Å². The molecular formula is C13H19ClN2O. The zero-order valence-electron chi connectivity index (χ0n) is 10.6. The maximum Gasteiger partial charge on any atom is 0.255 e. The van der Waals surface area contributed by atoms with Crippen LogP contribution in [-0.4, -0.2) is 30.9 Å². The predicted molar refractivity (Wildman–Crippen MR) is 72.9 cm³/mol. The van der Waals surface area contributed by atoms with Crippen LogP contribution in [0.5, 0.6) is 0 Å². The molecule has 3 nitrogen and oxygen atoms in total. The van der Waals surface area contributed by atoms with Crippen LogP contribution in [0.2, 0.25) is 5.02 Å². The summed E-state index contributed by atoms with van der Waals surface area (Å²) in [6.45, 7) is 5.57. The number of rotatable bonds is 5. The minimum atomic E-state index is 0.00491. The summed E-state index contributed by atoms with van der Waals surface area (Å²) < 4.78 is 0. The summed E-state index contributed by atoms with van der Waals surface area (Å²) in [6, 6.07) is 5.35. The molecule has 0 spiro atoms. The summed E-state index contributed by atoms with van der Waals surface area (Å²) in [5.41, 5.74) is 1.47. The highest BCUT2D eigenvalue weighted by molar-refractivity contribution is 6.31. The van der Waals surface area contributed by atoms with E-state index in [0.717, 1.165) is 25.2 Å². The number of carbonyl (C=O) groups excluding carboxylic acids is 1. The number of amides is 1. The second kappa shape index (κ2) is 6.50. The van der Waals surface area contributed by atoms with Crippen LogP contribution < -0.4 is 5.32 Å². The normalized spacial score (nSPS) is 10.1. The Hall–Kier alpha value is -1.22. The van der Waals surface area contributed by atoms with Crippen molar-refractivity contribution in [1.29, 1.82) is 0 Å². The first-order chi connectivity index (χ1) is 8.10. The lowest BCUT2D eigenvalue weighted by Gasteiger charge is -2.18. The Bertz CT molecular complexity index is 393. The second-order valence-electron chi connectivity index (χ2n) is 3.95. The van der Waals surface area contributed by atoms with Gasteiger partial charge >= 0.3 is 0 Å². The van der Waals surface area contributed by atoms with Gasteiger partial charge in [-0.2, -0.15) is 0 Å². The van der Waals surface area contributed by atoms with E-state index >= 15 is 0 Å². The number of carbonyl (C=O) groups is 1. The molecule has 1 aromatic carbocycles. The van der Waals surface area contributed by atoms with Gasteiger partial charge in [0.05, 0.1) is 5.56 Å². The van der Waals surface area contributed by atoms with E-state index < -0.39 is 0 Å². The van der Waals surface area contributed by atoms with Crippen LogP contribution in [0.3, 0.4) is 0 Å². The Labute approximate surface area is 108 Å². The van der Waals surface area contributed by atoms with Crippen LogP contribution in [-0.2, 0) is 0 Å². The van der Waals surface area contributed by atoms with Crippen LogP contribution in [0.15, 0.2) is 18.2 Å². The molecule has 0 saturated heterocycles. The Morgan fingerprint density at radius 2 is 2.12 bits per heavy atom. The van der Waals surface area contributed by atoms with E-state index in [4.69, 9.17) is 11.6 Å². The summed E-state index contributed by atoms with van der Waals surface area (Å²) in [5.74, 6) is 0.00491. The van der Waals surface area contributed by atoms with Gasteiger partial charge < -0.3 is 10.2 Å². The molecular weight excluding hydrogens is 236 g/mol. The molecule has 0 aliphatic carbocycles. The fraction of sp³-hybridized carbons (Fsp3) is 0.462. The van der Waals surface area contributed by atoms with Gasteiger partial charge in [0.15, 0.2) is 0 Å². The Balaban J connectivity index is 3.01. The molecule has 0 radical (unpaired) electrons. The average molecular weight is 255 g/mol. The lowest BCUT2D eigenvalue weighted by atomic mass is 10.1. The van der Waals surface area contributed by atoms with Gasteiger partial charge in [-0.15, -0.1) is 0 Å². The molecule has 0 bridgehead atoms. The van der Waals surface area contributed by atoms with E-state index in [1.165, 1.54) is 0 Å². The van der Waals surface area contributed by atoms with E-state index in [0.29, 0.717) is 10.6 Å². The minimum absolute atomic E-state index is 0.00491. The zero-order valence-corrected chi connectivity index (χ0v) is 11.3. The van der Waals surface area contributed by atoms with Crippen LogP contribution in [0.4, 0.5) is 5.69 Å². The fourth-order valence-electron chi connectivity index (χ4n) is 1.68. The molecule has 0 unspecified atom stereocenters. The maximum atomic E-state index is 12.2. The van der Waals surface area contributed by atoms with Gasteiger partial charge in [-0.3, -0.25) is 4.79 Å². The number of hydrogen-bond acceptors (Lipinski definition) is 2. The quantitative estimate of drug-likeness (QED) is 0.875. The third-order valence-electron chi connectivity index (χ3n) is 2.48. The number of nitrogens with one attached hydrogen (secondary N) is 1. The van der Waals surface area contributed by atoms with E-state index in [2.05, 4.69) is 5.32 Å². The van der Waals surface area contributed by atoms with Crippen LogP contribution in [0, 0.1) is 0 Å². The van der Waals surface area contributed by atoms with Crippen LogP contribution in [0.25, 0.3) is 0 Å². The highest BCUT2D eigenvalue weighted by Crippen LogP contribution is 2.22. The zero-order chi connectivity index (χ0) is 12.8.